The Morgan fingerprint density at radius 3 is 2.20 bits per heavy atom. The average molecular weight is 273 g/mol. The van der Waals surface area contributed by atoms with E-state index in [-0.39, 0.29) is 0 Å². The molecule has 3 rings (SSSR count). The zero-order chi connectivity index (χ0) is 14.4. The summed E-state index contributed by atoms with van der Waals surface area (Å²) in [5.41, 5.74) is 1.87. The van der Waals surface area contributed by atoms with Gasteiger partial charge in [-0.05, 0) is 44.4 Å². The summed E-state index contributed by atoms with van der Waals surface area (Å²) in [4.78, 5) is 13.7. The normalized spacial score (nSPS) is 21.0. The molecule has 0 unspecified atom stereocenters. The highest BCUT2D eigenvalue weighted by Gasteiger charge is 2.44. The minimum absolute atomic E-state index is 0.596. The second-order valence-electron chi connectivity index (χ2n) is 7.04. The number of carbonyl (C=O) groups is 1. The Labute approximate surface area is 120 Å². The molecule has 1 aliphatic heterocycles. The minimum atomic E-state index is -0.819. The van der Waals surface area contributed by atoms with Gasteiger partial charge in [0.05, 0.1) is 5.41 Å². The molecule has 1 aromatic rings. The number of rotatable bonds is 3. The third-order valence-electron chi connectivity index (χ3n) is 5.21. The van der Waals surface area contributed by atoms with Gasteiger partial charge in [-0.1, -0.05) is 25.0 Å². The lowest BCUT2D eigenvalue weighted by Gasteiger charge is -2.50. The van der Waals surface area contributed by atoms with Gasteiger partial charge in [-0.25, -0.2) is 0 Å². The summed E-state index contributed by atoms with van der Waals surface area (Å²) in [6, 6.07) is 8.07. The molecule has 0 bridgehead atoms. The molecule has 3 nitrogen and oxygen atoms in total. The van der Waals surface area contributed by atoms with Gasteiger partial charge in [0.25, 0.3) is 0 Å². The van der Waals surface area contributed by atoms with Gasteiger partial charge < -0.3 is 10.0 Å². The van der Waals surface area contributed by atoms with Gasteiger partial charge >= 0.3 is 5.97 Å². The molecule has 2 fully saturated rings. The van der Waals surface area contributed by atoms with Crippen molar-refractivity contribution in [1.82, 2.24) is 0 Å². The Hall–Kier alpha value is -1.51. The van der Waals surface area contributed by atoms with Gasteiger partial charge in [0, 0.05) is 24.2 Å². The minimum Gasteiger partial charge on any atom is -0.481 e. The highest BCUT2D eigenvalue weighted by Crippen LogP contribution is 2.47. The fraction of sp³-hybridized carbons (Fsp3) is 0.588. The summed E-state index contributed by atoms with van der Waals surface area (Å²) in [5.74, 6) is -0.779. The van der Waals surface area contributed by atoms with Crippen molar-refractivity contribution in [3.05, 3.63) is 29.8 Å². The van der Waals surface area contributed by atoms with Crippen molar-refractivity contribution >= 4 is 11.7 Å². The van der Waals surface area contributed by atoms with E-state index >= 15 is 0 Å². The maximum Gasteiger partial charge on any atom is 0.313 e. The third kappa shape index (κ3) is 2.09. The highest BCUT2D eigenvalue weighted by molar-refractivity contribution is 5.80. The lowest BCUT2D eigenvalue weighted by atomic mass is 9.78. The summed E-state index contributed by atoms with van der Waals surface area (Å²) < 4.78 is 0. The molecular formula is C17H23NO2. The van der Waals surface area contributed by atoms with Crippen LogP contribution < -0.4 is 4.90 Å². The molecular weight excluding hydrogens is 250 g/mol. The predicted molar refractivity (Wildman–Crippen MR) is 80.2 cm³/mol. The van der Waals surface area contributed by atoms with Crippen LogP contribution in [-0.2, 0) is 10.2 Å². The summed E-state index contributed by atoms with van der Waals surface area (Å²) in [7, 11) is 0. The lowest BCUT2D eigenvalue weighted by molar-refractivity contribution is -0.142. The molecule has 0 radical (unpaired) electrons. The molecule has 1 N–H and O–H groups in total. The highest BCUT2D eigenvalue weighted by atomic mass is 16.4. The molecule has 1 spiro atoms. The largest absolute Gasteiger partial charge is 0.481 e. The number of nitrogens with zero attached hydrogens (tertiary/aromatic N) is 1. The number of carboxylic acids is 1. The van der Waals surface area contributed by atoms with Crippen LogP contribution in [0.25, 0.3) is 0 Å². The van der Waals surface area contributed by atoms with E-state index in [1.807, 2.05) is 12.1 Å². The Balaban J connectivity index is 1.70. The molecule has 1 saturated carbocycles. The lowest BCUT2D eigenvalue weighted by Crippen LogP contribution is -2.55. The molecule has 2 aliphatic rings. The number of aliphatic carboxylic acids is 1. The van der Waals surface area contributed by atoms with Crippen molar-refractivity contribution in [2.45, 2.75) is 44.9 Å². The third-order valence-corrected chi connectivity index (χ3v) is 5.21. The predicted octanol–water partition coefficient (Wildman–Crippen LogP) is 3.43. The first-order valence-corrected chi connectivity index (χ1v) is 7.52. The molecule has 0 amide bonds. The first kappa shape index (κ1) is 13.5. The Morgan fingerprint density at radius 2 is 1.70 bits per heavy atom. The topological polar surface area (TPSA) is 40.5 Å². The SMILES string of the molecule is CC(C)(C(=O)O)c1ccc(N2CC3(CCCC3)C2)cc1. The van der Waals surface area contributed by atoms with E-state index in [9.17, 15) is 9.90 Å². The number of hydrogen-bond acceptors (Lipinski definition) is 2. The van der Waals surface area contributed by atoms with Gasteiger partial charge in [0.1, 0.15) is 0 Å². The standard InChI is InChI=1S/C17H23NO2/c1-16(2,15(19)20)13-5-7-14(8-6-13)18-11-17(12-18)9-3-4-10-17/h5-8H,3-4,9-12H2,1-2H3,(H,19,20). The van der Waals surface area contributed by atoms with Crippen molar-refractivity contribution in [2.75, 3.05) is 18.0 Å². The monoisotopic (exact) mass is 273 g/mol. The molecule has 3 heteroatoms. The van der Waals surface area contributed by atoms with Crippen molar-refractivity contribution in [1.29, 1.82) is 0 Å². The Kier molecular flexibility index (Phi) is 3.03. The van der Waals surface area contributed by atoms with Crippen molar-refractivity contribution in [3.8, 4) is 0 Å². The van der Waals surface area contributed by atoms with E-state index in [1.165, 1.54) is 44.5 Å². The number of hydrogen-bond donors (Lipinski definition) is 1. The summed E-state index contributed by atoms with van der Waals surface area (Å²) in [6.45, 7) is 5.85. The molecule has 1 aromatic carbocycles. The van der Waals surface area contributed by atoms with Crippen LogP contribution in [0.4, 0.5) is 5.69 Å². The van der Waals surface area contributed by atoms with E-state index < -0.39 is 11.4 Å². The fourth-order valence-corrected chi connectivity index (χ4v) is 3.60. The van der Waals surface area contributed by atoms with E-state index in [0.717, 1.165) is 5.56 Å². The number of anilines is 1. The molecule has 1 aliphatic carbocycles. The zero-order valence-electron chi connectivity index (χ0n) is 12.4. The molecule has 1 saturated heterocycles. The van der Waals surface area contributed by atoms with Crippen LogP contribution in [0.5, 0.6) is 0 Å². The van der Waals surface area contributed by atoms with Crippen molar-refractivity contribution in [3.63, 3.8) is 0 Å². The smallest absolute Gasteiger partial charge is 0.313 e. The second-order valence-corrected chi connectivity index (χ2v) is 7.04. The van der Waals surface area contributed by atoms with Crippen molar-refractivity contribution < 1.29 is 9.90 Å². The van der Waals surface area contributed by atoms with E-state index in [0.29, 0.717) is 5.41 Å². The first-order valence-electron chi connectivity index (χ1n) is 7.52. The second kappa shape index (κ2) is 4.51. The van der Waals surface area contributed by atoms with E-state index in [1.54, 1.807) is 13.8 Å². The van der Waals surface area contributed by atoms with Crippen LogP contribution in [-0.4, -0.2) is 24.2 Å². The van der Waals surface area contributed by atoms with Gasteiger partial charge in [-0.15, -0.1) is 0 Å². The first-order chi connectivity index (χ1) is 9.43. The maximum atomic E-state index is 11.3. The van der Waals surface area contributed by atoms with Crippen LogP contribution in [0.3, 0.4) is 0 Å². The van der Waals surface area contributed by atoms with Crippen molar-refractivity contribution in [2.24, 2.45) is 5.41 Å². The fourth-order valence-electron chi connectivity index (χ4n) is 3.60. The van der Waals surface area contributed by atoms with E-state index in [4.69, 9.17) is 0 Å². The van der Waals surface area contributed by atoms with Crippen LogP contribution in [0, 0.1) is 5.41 Å². The summed E-state index contributed by atoms with van der Waals surface area (Å²) >= 11 is 0. The summed E-state index contributed by atoms with van der Waals surface area (Å²) in [5, 5.41) is 9.26. The van der Waals surface area contributed by atoms with Gasteiger partial charge in [-0.2, -0.15) is 0 Å². The van der Waals surface area contributed by atoms with Crippen LogP contribution in [0.2, 0.25) is 0 Å². The molecule has 1 heterocycles. The number of carboxylic acid groups (broad SMARTS) is 1. The summed E-state index contributed by atoms with van der Waals surface area (Å²) in [6.07, 6.45) is 5.54. The van der Waals surface area contributed by atoms with Crippen LogP contribution >= 0.6 is 0 Å². The molecule has 108 valence electrons. The Morgan fingerprint density at radius 1 is 1.15 bits per heavy atom. The zero-order valence-corrected chi connectivity index (χ0v) is 12.4. The average Bonchev–Trinajstić information content (AvgIpc) is 2.86. The number of benzene rings is 1. The van der Waals surface area contributed by atoms with Crippen LogP contribution in [0.1, 0.15) is 45.1 Å². The Bertz CT molecular complexity index is 504. The van der Waals surface area contributed by atoms with Gasteiger partial charge in [-0.3, -0.25) is 4.79 Å². The molecule has 0 atom stereocenters. The van der Waals surface area contributed by atoms with Gasteiger partial charge in [0.2, 0.25) is 0 Å². The molecule has 0 aromatic heterocycles. The maximum absolute atomic E-state index is 11.3. The van der Waals surface area contributed by atoms with Gasteiger partial charge in [0.15, 0.2) is 0 Å². The quantitative estimate of drug-likeness (QED) is 0.917. The molecule has 20 heavy (non-hydrogen) atoms. The van der Waals surface area contributed by atoms with Crippen LogP contribution in [0.15, 0.2) is 24.3 Å². The van der Waals surface area contributed by atoms with E-state index in [2.05, 4.69) is 17.0 Å².